The fourth-order valence-electron chi connectivity index (χ4n) is 2.78. The number of Topliss-reactive ketones (excluding diaryl/α,β-unsaturated/α-hetero) is 1. The summed E-state index contributed by atoms with van der Waals surface area (Å²) in [5.74, 6) is 1.86. The molecule has 5 heteroatoms. The lowest BCUT2D eigenvalue weighted by atomic mass is 10.1. The van der Waals surface area contributed by atoms with Gasteiger partial charge in [-0.3, -0.25) is 4.79 Å². The highest BCUT2D eigenvalue weighted by Crippen LogP contribution is 2.39. The van der Waals surface area contributed by atoms with E-state index >= 15 is 0 Å². The maximum Gasteiger partial charge on any atom is 0.231 e. The fraction of sp³-hybridized carbons (Fsp3) is 0.0952. The van der Waals surface area contributed by atoms with Gasteiger partial charge in [0, 0.05) is 16.5 Å². The lowest BCUT2D eigenvalue weighted by Gasteiger charge is -2.09. The Labute approximate surface area is 155 Å². The van der Waals surface area contributed by atoms with E-state index in [1.165, 1.54) is 0 Å². The molecule has 0 aliphatic heterocycles. The molecule has 4 aromatic rings. The number of rotatable bonds is 4. The molecule has 0 atom stereocenters. The topological polar surface area (TPSA) is 52.1 Å². The van der Waals surface area contributed by atoms with E-state index in [1.54, 1.807) is 42.5 Å². The number of thiophene rings is 1. The van der Waals surface area contributed by atoms with Gasteiger partial charge in [0.25, 0.3) is 0 Å². The highest BCUT2D eigenvalue weighted by molar-refractivity contribution is 7.17. The van der Waals surface area contributed by atoms with E-state index in [-0.39, 0.29) is 5.78 Å². The second-order valence-corrected chi connectivity index (χ2v) is 6.81. The van der Waals surface area contributed by atoms with Crippen molar-refractivity contribution in [2.24, 2.45) is 0 Å². The summed E-state index contributed by atoms with van der Waals surface area (Å²) in [6.07, 6.45) is 0. The zero-order chi connectivity index (χ0) is 18.1. The molecule has 128 valence electrons. The van der Waals surface area contributed by atoms with Gasteiger partial charge in [-0.05, 0) is 43.7 Å². The van der Waals surface area contributed by atoms with E-state index in [1.807, 2.05) is 25.1 Å². The van der Waals surface area contributed by atoms with Gasteiger partial charge in [-0.2, -0.15) is 4.98 Å². The van der Waals surface area contributed by atoms with Crippen LogP contribution in [0.4, 0.5) is 0 Å². The van der Waals surface area contributed by atoms with Crippen molar-refractivity contribution >= 4 is 27.3 Å². The number of ether oxygens (including phenoxy) is 1. The standard InChI is InChI=1S/C21H16N2O2S/c1-13(24)15-8-10-17(11-9-15)25-20-19-18(16-6-4-3-5-7-16)12-26-21(19)23-14(2)22-20/h3-12H,1-2H3. The summed E-state index contributed by atoms with van der Waals surface area (Å²) in [5.41, 5.74) is 2.81. The summed E-state index contributed by atoms with van der Waals surface area (Å²) in [6, 6.07) is 17.2. The van der Waals surface area contributed by atoms with E-state index in [2.05, 4.69) is 27.5 Å². The van der Waals surface area contributed by atoms with Gasteiger partial charge in [-0.1, -0.05) is 30.3 Å². The smallest absolute Gasteiger partial charge is 0.231 e. The van der Waals surface area contributed by atoms with E-state index in [9.17, 15) is 4.79 Å². The van der Waals surface area contributed by atoms with Crippen molar-refractivity contribution in [1.29, 1.82) is 0 Å². The van der Waals surface area contributed by atoms with Gasteiger partial charge in [0.1, 0.15) is 16.4 Å². The van der Waals surface area contributed by atoms with Crippen LogP contribution in [0.15, 0.2) is 60.0 Å². The van der Waals surface area contributed by atoms with Crippen LogP contribution in [-0.4, -0.2) is 15.8 Å². The highest BCUT2D eigenvalue weighted by atomic mass is 32.1. The third-order valence-corrected chi connectivity index (χ3v) is 4.94. The zero-order valence-electron chi connectivity index (χ0n) is 14.4. The van der Waals surface area contributed by atoms with Gasteiger partial charge in [0.05, 0.1) is 5.39 Å². The van der Waals surface area contributed by atoms with E-state index < -0.39 is 0 Å². The second-order valence-electron chi connectivity index (χ2n) is 5.95. The molecule has 0 bridgehead atoms. The zero-order valence-corrected chi connectivity index (χ0v) is 15.2. The number of aryl methyl sites for hydroxylation is 1. The average molecular weight is 360 g/mol. The molecule has 0 saturated carbocycles. The van der Waals surface area contributed by atoms with Crippen molar-refractivity contribution in [1.82, 2.24) is 9.97 Å². The van der Waals surface area contributed by atoms with Crippen LogP contribution in [0, 0.1) is 6.92 Å². The van der Waals surface area contributed by atoms with E-state index in [4.69, 9.17) is 4.74 Å². The van der Waals surface area contributed by atoms with Crippen molar-refractivity contribution < 1.29 is 9.53 Å². The number of nitrogens with zero attached hydrogens (tertiary/aromatic N) is 2. The molecule has 0 amide bonds. The molecule has 0 N–H and O–H groups in total. The Kier molecular flexibility index (Phi) is 4.22. The van der Waals surface area contributed by atoms with Crippen LogP contribution in [0.25, 0.3) is 21.3 Å². The van der Waals surface area contributed by atoms with Gasteiger partial charge in [0.15, 0.2) is 5.78 Å². The van der Waals surface area contributed by atoms with Gasteiger partial charge in [0.2, 0.25) is 5.88 Å². The van der Waals surface area contributed by atoms with Gasteiger partial charge < -0.3 is 4.74 Å². The molecular formula is C21H16N2O2S. The molecule has 26 heavy (non-hydrogen) atoms. The van der Waals surface area contributed by atoms with Crippen LogP contribution >= 0.6 is 11.3 Å². The monoisotopic (exact) mass is 360 g/mol. The number of fused-ring (bicyclic) bond motifs is 1. The number of hydrogen-bond acceptors (Lipinski definition) is 5. The Hall–Kier alpha value is -3.05. The number of carbonyl (C=O) groups is 1. The number of carbonyl (C=O) groups excluding carboxylic acids is 1. The van der Waals surface area contributed by atoms with Crippen LogP contribution in [0.1, 0.15) is 23.1 Å². The molecule has 0 radical (unpaired) electrons. The van der Waals surface area contributed by atoms with Gasteiger partial charge in [-0.25, -0.2) is 4.98 Å². The molecule has 0 spiro atoms. The average Bonchev–Trinajstić information content (AvgIpc) is 3.07. The number of aromatic nitrogens is 2. The van der Waals surface area contributed by atoms with E-state index in [0.29, 0.717) is 23.0 Å². The molecule has 2 aromatic heterocycles. The molecule has 0 aliphatic rings. The van der Waals surface area contributed by atoms with E-state index in [0.717, 1.165) is 21.3 Å². The Morgan fingerprint density at radius 1 is 1.00 bits per heavy atom. The highest BCUT2D eigenvalue weighted by Gasteiger charge is 2.16. The Bertz CT molecular complexity index is 1090. The summed E-state index contributed by atoms with van der Waals surface area (Å²) < 4.78 is 6.07. The summed E-state index contributed by atoms with van der Waals surface area (Å²) in [6.45, 7) is 3.40. The summed E-state index contributed by atoms with van der Waals surface area (Å²) >= 11 is 1.58. The SMILES string of the molecule is CC(=O)c1ccc(Oc2nc(C)nc3scc(-c4ccccc4)c23)cc1. The lowest BCUT2D eigenvalue weighted by molar-refractivity contribution is 0.101. The molecule has 2 heterocycles. The van der Waals surface area contributed by atoms with Crippen molar-refractivity contribution in [3.63, 3.8) is 0 Å². The largest absolute Gasteiger partial charge is 0.438 e. The van der Waals surface area contributed by atoms with Crippen LogP contribution in [0.5, 0.6) is 11.6 Å². The fourth-order valence-corrected chi connectivity index (χ4v) is 3.77. The third kappa shape index (κ3) is 3.09. The minimum Gasteiger partial charge on any atom is -0.438 e. The van der Waals surface area contributed by atoms with Crippen molar-refractivity contribution in [2.75, 3.05) is 0 Å². The predicted octanol–water partition coefficient (Wildman–Crippen LogP) is 5.66. The predicted molar refractivity (Wildman–Crippen MR) is 104 cm³/mol. The van der Waals surface area contributed by atoms with Gasteiger partial charge >= 0.3 is 0 Å². The molecular weight excluding hydrogens is 344 g/mol. The molecule has 0 saturated heterocycles. The van der Waals surface area contributed by atoms with Crippen LogP contribution in [0.2, 0.25) is 0 Å². The third-order valence-electron chi connectivity index (χ3n) is 4.07. The summed E-state index contributed by atoms with van der Waals surface area (Å²) in [7, 11) is 0. The molecule has 0 unspecified atom stereocenters. The lowest BCUT2D eigenvalue weighted by Crippen LogP contribution is -1.95. The maximum atomic E-state index is 11.4. The number of ketones is 1. The van der Waals surface area contributed by atoms with Crippen LogP contribution in [0.3, 0.4) is 0 Å². The normalized spacial score (nSPS) is 10.8. The quantitative estimate of drug-likeness (QED) is 0.441. The van der Waals surface area contributed by atoms with Crippen molar-refractivity contribution in [2.45, 2.75) is 13.8 Å². The first-order chi connectivity index (χ1) is 12.6. The molecule has 4 nitrogen and oxygen atoms in total. The Morgan fingerprint density at radius 3 is 2.42 bits per heavy atom. The van der Waals surface area contributed by atoms with Gasteiger partial charge in [-0.15, -0.1) is 11.3 Å². The van der Waals surface area contributed by atoms with Crippen LogP contribution < -0.4 is 4.74 Å². The molecule has 0 fully saturated rings. The minimum atomic E-state index is 0.0287. The first kappa shape index (κ1) is 16.4. The first-order valence-corrected chi connectivity index (χ1v) is 9.10. The summed E-state index contributed by atoms with van der Waals surface area (Å²) in [5, 5.41) is 2.99. The van der Waals surface area contributed by atoms with Crippen LogP contribution in [-0.2, 0) is 0 Å². The molecule has 4 rings (SSSR count). The Balaban J connectivity index is 1.81. The Morgan fingerprint density at radius 2 is 1.73 bits per heavy atom. The first-order valence-electron chi connectivity index (χ1n) is 8.22. The number of benzene rings is 2. The molecule has 2 aromatic carbocycles. The summed E-state index contributed by atoms with van der Waals surface area (Å²) in [4.78, 5) is 21.4. The second kappa shape index (κ2) is 6.69. The number of hydrogen-bond donors (Lipinski definition) is 0. The maximum absolute atomic E-state index is 11.4. The minimum absolute atomic E-state index is 0.0287. The molecule has 0 aliphatic carbocycles. The van der Waals surface area contributed by atoms with Crippen molar-refractivity contribution in [3.8, 4) is 22.8 Å². The van der Waals surface area contributed by atoms with Crippen molar-refractivity contribution in [3.05, 3.63) is 71.4 Å².